The van der Waals surface area contributed by atoms with E-state index in [1.165, 1.54) is 12.1 Å². The molecule has 0 bridgehead atoms. The number of piperidine rings is 1. The Morgan fingerprint density at radius 1 is 1.06 bits per heavy atom. The van der Waals surface area contributed by atoms with E-state index in [1.54, 1.807) is 7.11 Å². The van der Waals surface area contributed by atoms with Crippen LogP contribution in [0.4, 0.5) is 8.78 Å². The maximum absolute atomic E-state index is 14.7. The third kappa shape index (κ3) is 4.61. The Kier molecular flexibility index (Phi) is 7.36. The van der Waals surface area contributed by atoms with Gasteiger partial charge in [0.1, 0.15) is 11.6 Å². The van der Waals surface area contributed by atoms with Crippen molar-refractivity contribution < 1.29 is 23.4 Å². The van der Waals surface area contributed by atoms with Crippen LogP contribution in [0.2, 0.25) is 0 Å². The number of ether oxygens (including phenoxy) is 1. The topological polar surface area (TPSA) is 53.0 Å². The first-order chi connectivity index (χ1) is 16.3. The van der Waals surface area contributed by atoms with Gasteiger partial charge in [-0.25, -0.2) is 8.78 Å². The van der Waals surface area contributed by atoms with Crippen molar-refractivity contribution in [3.8, 4) is 0 Å². The first-order valence-electron chi connectivity index (χ1n) is 12.0. The van der Waals surface area contributed by atoms with E-state index in [2.05, 4.69) is 4.90 Å². The van der Waals surface area contributed by atoms with Crippen LogP contribution in [0, 0.1) is 29.4 Å². The van der Waals surface area contributed by atoms with Gasteiger partial charge in [0.15, 0.2) is 0 Å². The van der Waals surface area contributed by atoms with Crippen molar-refractivity contribution >= 4 is 5.91 Å². The van der Waals surface area contributed by atoms with Crippen LogP contribution in [0.3, 0.4) is 0 Å². The quantitative estimate of drug-likeness (QED) is 0.698. The lowest BCUT2D eigenvalue weighted by Crippen LogP contribution is -2.57. The molecule has 1 amide bonds. The molecule has 0 spiro atoms. The van der Waals surface area contributed by atoms with E-state index in [0.717, 1.165) is 11.6 Å². The largest absolute Gasteiger partial charge is 0.384 e. The zero-order valence-electron chi connectivity index (χ0n) is 20.1. The number of nitrogens with zero attached hydrogens (tertiary/aromatic N) is 2. The fraction of sp³-hybridized carbons (Fsp3) is 0.519. The van der Waals surface area contributed by atoms with Gasteiger partial charge in [-0.1, -0.05) is 50.2 Å². The molecule has 0 radical (unpaired) electrons. The first kappa shape index (κ1) is 24.8. The van der Waals surface area contributed by atoms with Gasteiger partial charge in [0.05, 0.1) is 18.1 Å². The summed E-state index contributed by atoms with van der Waals surface area (Å²) < 4.78 is 33.5. The van der Waals surface area contributed by atoms with E-state index in [1.807, 2.05) is 49.1 Å². The van der Waals surface area contributed by atoms with Crippen molar-refractivity contribution in [1.29, 1.82) is 0 Å². The van der Waals surface area contributed by atoms with E-state index in [0.29, 0.717) is 44.9 Å². The molecule has 2 aliphatic rings. The van der Waals surface area contributed by atoms with Crippen LogP contribution in [0.25, 0.3) is 0 Å². The number of rotatable bonds is 6. The van der Waals surface area contributed by atoms with Gasteiger partial charge in [-0.15, -0.1) is 0 Å². The monoisotopic (exact) mass is 472 g/mol. The van der Waals surface area contributed by atoms with Gasteiger partial charge < -0.3 is 14.7 Å². The molecule has 34 heavy (non-hydrogen) atoms. The second-order valence-electron chi connectivity index (χ2n) is 9.87. The molecule has 0 aromatic heterocycles. The minimum absolute atomic E-state index is 0.0394. The smallest absolute Gasteiger partial charge is 0.227 e. The summed E-state index contributed by atoms with van der Waals surface area (Å²) in [6, 6.07) is 13.2. The van der Waals surface area contributed by atoms with Crippen molar-refractivity contribution in [2.75, 3.05) is 46.4 Å². The van der Waals surface area contributed by atoms with E-state index >= 15 is 0 Å². The zero-order chi connectivity index (χ0) is 24.5. The van der Waals surface area contributed by atoms with E-state index in [9.17, 15) is 18.7 Å². The lowest BCUT2D eigenvalue weighted by molar-refractivity contribution is -0.152. The molecule has 184 valence electrons. The molecule has 2 aliphatic heterocycles. The maximum Gasteiger partial charge on any atom is 0.227 e. The first-order valence-corrected chi connectivity index (χ1v) is 12.0. The highest BCUT2D eigenvalue weighted by Crippen LogP contribution is 2.43. The molecule has 4 rings (SSSR count). The number of hydrogen-bond donors (Lipinski definition) is 1. The average Bonchev–Trinajstić information content (AvgIpc) is 3.24. The molecule has 2 saturated heterocycles. The average molecular weight is 473 g/mol. The highest BCUT2D eigenvalue weighted by atomic mass is 19.1. The minimum atomic E-state index is -1.03. The summed E-state index contributed by atoms with van der Waals surface area (Å²) in [5.41, 5.74) is 0.208. The van der Waals surface area contributed by atoms with Gasteiger partial charge in [-0.05, 0) is 17.2 Å². The Balaban J connectivity index is 1.57. The number of carbonyl (C=O) groups is 1. The third-order valence-electron chi connectivity index (χ3n) is 7.73. The molecule has 2 heterocycles. The van der Waals surface area contributed by atoms with Crippen LogP contribution in [0.15, 0.2) is 48.5 Å². The second-order valence-corrected chi connectivity index (χ2v) is 9.87. The van der Waals surface area contributed by atoms with Crippen LogP contribution in [-0.4, -0.2) is 67.3 Å². The van der Waals surface area contributed by atoms with E-state index < -0.39 is 23.2 Å². The van der Waals surface area contributed by atoms with Crippen LogP contribution in [0.1, 0.15) is 30.9 Å². The number of benzene rings is 2. The lowest BCUT2D eigenvalue weighted by Gasteiger charge is -2.48. The fourth-order valence-electron chi connectivity index (χ4n) is 5.84. The Bertz CT molecular complexity index is 991. The number of amides is 1. The summed E-state index contributed by atoms with van der Waals surface area (Å²) in [5.74, 6) is -2.44. The van der Waals surface area contributed by atoms with Crippen LogP contribution < -0.4 is 0 Å². The van der Waals surface area contributed by atoms with Crippen molar-refractivity contribution in [3.63, 3.8) is 0 Å². The van der Waals surface area contributed by atoms with Crippen molar-refractivity contribution in [2.45, 2.75) is 25.4 Å². The van der Waals surface area contributed by atoms with Crippen LogP contribution in [-0.2, 0) is 15.1 Å². The predicted octanol–water partition coefficient (Wildman–Crippen LogP) is 3.63. The molecule has 5 atom stereocenters. The number of hydrogen-bond acceptors (Lipinski definition) is 4. The molecule has 5 nitrogen and oxygen atoms in total. The molecule has 0 saturated carbocycles. The SMILES string of the molecule is COCCN1C[C@@H](C(=O)N2C[C@@H](C)[C@](O)(c3ccccc3)[C@@H](C)C2)[C@H](c2ccc(F)cc2F)C1. The maximum atomic E-state index is 14.7. The van der Waals surface area contributed by atoms with Crippen molar-refractivity contribution in [2.24, 2.45) is 17.8 Å². The Morgan fingerprint density at radius 3 is 2.35 bits per heavy atom. The molecule has 2 fully saturated rings. The number of halogens is 2. The summed E-state index contributed by atoms with van der Waals surface area (Å²) in [6.07, 6.45) is 0. The summed E-state index contributed by atoms with van der Waals surface area (Å²) in [7, 11) is 1.63. The van der Waals surface area contributed by atoms with E-state index in [4.69, 9.17) is 4.74 Å². The predicted molar refractivity (Wildman–Crippen MR) is 126 cm³/mol. The number of carbonyl (C=O) groups excluding carboxylic acids is 1. The molecule has 0 unspecified atom stereocenters. The number of methoxy groups -OCH3 is 1. The summed E-state index contributed by atoms with van der Waals surface area (Å²) >= 11 is 0. The molecule has 2 aromatic carbocycles. The Labute approximate surface area is 200 Å². The van der Waals surface area contributed by atoms with Gasteiger partial charge in [0, 0.05) is 63.7 Å². The lowest BCUT2D eigenvalue weighted by atomic mass is 9.70. The summed E-state index contributed by atoms with van der Waals surface area (Å²) in [5, 5.41) is 11.6. The standard InChI is InChI=1S/C27H34F2N2O3/c1-18-14-31(15-19(2)27(18,33)20-7-5-4-6-8-20)26(32)24-17-30(11-12-34-3)16-23(24)22-10-9-21(28)13-25(22)29/h4-10,13,18-19,23-24,33H,11-12,14-17H2,1-3H3/t18-,19+,23-,24+,27-/m0/s1. The number of likely N-dealkylation sites (tertiary alicyclic amines) is 2. The Hall–Kier alpha value is -2.35. The van der Waals surface area contributed by atoms with Crippen molar-refractivity contribution in [3.05, 3.63) is 71.3 Å². The van der Waals surface area contributed by atoms with Gasteiger partial charge in [-0.3, -0.25) is 9.69 Å². The molecule has 2 aromatic rings. The number of aliphatic hydroxyl groups is 1. The minimum Gasteiger partial charge on any atom is -0.384 e. The van der Waals surface area contributed by atoms with Gasteiger partial charge >= 0.3 is 0 Å². The zero-order valence-corrected chi connectivity index (χ0v) is 20.1. The molecule has 1 N–H and O–H groups in total. The summed E-state index contributed by atoms with van der Waals surface area (Å²) in [6.45, 7) is 6.94. The van der Waals surface area contributed by atoms with Gasteiger partial charge in [-0.2, -0.15) is 0 Å². The van der Waals surface area contributed by atoms with Crippen LogP contribution in [0.5, 0.6) is 0 Å². The van der Waals surface area contributed by atoms with E-state index in [-0.39, 0.29) is 23.7 Å². The van der Waals surface area contributed by atoms with Gasteiger partial charge in [0.2, 0.25) is 5.91 Å². The molecule has 0 aliphatic carbocycles. The van der Waals surface area contributed by atoms with Gasteiger partial charge in [0.25, 0.3) is 0 Å². The van der Waals surface area contributed by atoms with Crippen LogP contribution >= 0.6 is 0 Å². The Morgan fingerprint density at radius 2 is 1.74 bits per heavy atom. The molecular weight excluding hydrogens is 438 g/mol. The normalized spacial score (nSPS) is 30.0. The van der Waals surface area contributed by atoms with Crippen molar-refractivity contribution in [1.82, 2.24) is 9.80 Å². The molecular formula is C27H34F2N2O3. The third-order valence-corrected chi connectivity index (χ3v) is 7.73. The fourth-order valence-corrected chi connectivity index (χ4v) is 5.84. The highest BCUT2D eigenvalue weighted by Gasteiger charge is 2.49. The molecule has 7 heteroatoms. The highest BCUT2D eigenvalue weighted by molar-refractivity contribution is 5.81. The second kappa shape index (κ2) is 10.1. The summed E-state index contributed by atoms with van der Waals surface area (Å²) in [4.78, 5) is 17.7.